The van der Waals surface area contributed by atoms with E-state index in [1.54, 1.807) is 7.11 Å². The number of ether oxygens (including phenoxy) is 1. The molecule has 4 nitrogen and oxygen atoms in total. The third kappa shape index (κ3) is 5.61. The Hall–Kier alpha value is -1.55. The van der Waals surface area contributed by atoms with E-state index in [1.165, 1.54) is 0 Å². The number of nitrogens with one attached hydrogen (secondary N) is 2. The van der Waals surface area contributed by atoms with Crippen molar-refractivity contribution in [3.63, 3.8) is 0 Å². The fraction of sp³-hybridized carbons (Fsp3) is 0.562. The predicted molar refractivity (Wildman–Crippen MR) is 83.4 cm³/mol. The standard InChI is InChI=1S/C16H26N2O2/c1-4-9-17-15-8-7-14(12-13(15)2)16(19)18-10-5-6-11-20-3/h7-8,12,17H,4-6,9-11H2,1-3H3,(H,18,19). The van der Waals surface area contributed by atoms with Crippen molar-refractivity contribution in [1.29, 1.82) is 0 Å². The first-order chi connectivity index (χ1) is 9.69. The molecule has 0 spiro atoms. The Kier molecular flexibility index (Phi) is 7.73. The Bertz CT molecular complexity index is 419. The van der Waals surface area contributed by atoms with E-state index in [0.29, 0.717) is 6.54 Å². The number of carbonyl (C=O) groups excluding carboxylic acids is 1. The largest absolute Gasteiger partial charge is 0.385 e. The second kappa shape index (κ2) is 9.37. The minimum atomic E-state index is -0.00689. The van der Waals surface area contributed by atoms with Crippen molar-refractivity contribution in [2.45, 2.75) is 33.1 Å². The van der Waals surface area contributed by atoms with Crippen molar-refractivity contribution >= 4 is 11.6 Å². The molecule has 0 aliphatic rings. The van der Waals surface area contributed by atoms with E-state index >= 15 is 0 Å². The zero-order valence-corrected chi connectivity index (χ0v) is 12.8. The summed E-state index contributed by atoms with van der Waals surface area (Å²) in [6.45, 7) is 6.54. The average Bonchev–Trinajstić information content (AvgIpc) is 2.45. The van der Waals surface area contributed by atoms with Gasteiger partial charge in [-0.3, -0.25) is 4.79 Å². The Morgan fingerprint density at radius 2 is 2.05 bits per heavy atom. The molecule has 0 atom stereocenters. The van der Waals surface area contributed by atoms with Crippen LogP contribution >= 0.6 is 0 Å². The van der Waals surface area contributed by atoms with Crippen LogP contribution < -0.4 is 10.6 Å². The molecule has 1 rings (SSSR count). The second-order valence-corrected chi connectivity index (χ2v) is 4.91. The topological polar surface area (TPSA) is 50.4 Å². The van der Waals surface area contributed by atoms with Gasteiger partial charge in [0.1, 0.15) is 0 Å². The highest BCUT2D eigenvalue weighted by atomic mass is 16.5. The number of methoxy groups -OCH3 is 1. The van der Waals surface area contributed by atoms with Crippen LogP contribution in [0.25, 0.3) is 0 Å². The first kappa shape index (κ1) is 16.5. The fourth-order valence-electron chi connectivity index (χ4n) is 1.94. The molecule has 0 unspecified atom stereocenters. The lowest BCUT2D eigenvalue weighted by Crippen LogP contribution is -2.24. The molecule has 4 heteroatoms. The lowest BCUT2D eigenvalue weighted by molar-refractivity contribution is 0.0951. The van der Waals surface area contributed by atoms with E-state index in [9.17, 15) is 4.79 Å². The third-order valence-corrected chi connectivity index (χ3v) is 3.11. The quantitative estimate of drug-likeness (QED) is 0.683. The van der Waals surface area contributed by atoms with Crippen LogP contribution in [0, 0.1) is 6.92 Å². The van der Waals surface area contributed by atoms with Gasteiger partial charge in [0.05, 0.1) is 0 Å². The smallest absolute Gasteiger partial charge is 0.251 e. The number of anilines is 1. The van der Waals surface area contributed by atoms with Crippen LogP contribution in [0.2, 0.25) is 0 Å². The maximum absolute atomic E-state index is 12.0. The first-order valence-corrected chi connectivity index (χ1v) is 7.30. The van der Waals surface area contributed by atoms with Crippen LogP contribution in [0.5, 0.6) is 0 Å². The number of benzene rings is 1. The van der Waals surface area contributed by atoms with E-state index in [0.717, 1.165) is 49.2 Å². The number of hydrogen-bond donors (Lipinski definition) is 2. The molecule has 1 aromatic rings. The van der Waals surface area contributed by atoms with Crippen LogP contribution in [-0.4, -0.2) is 32.7 Å². The van der Waals surface area contributed by atoms with Gasteiger partial charge in [0, 0.05) is 38.1 Å². The summed E-state index contributed by atoms with van der Waals surface area (Å²) in [5.41, 5.74) is 2.92. The molecule has 0 aliphatic carbocycles. The van der Waals surface area contributed by atoms with Crippen LogP contribution in [-0.2, 0) is 4.74 Å². The fourth-order valence-corrected chi connectivity index (χ4v) is 1.94. The van der Waals surface area contributed by atoms with Crippen LogP contribution in [0.3, 0.4) is 0 Å². The maximum Gasteiger partial charge on any atom is 0.251 e. The zero-order chi connectivity index (χ0) is 14.8. The van der Waals surface area contributed by atoms with Crippen LogP contribution in [0.15, 0.2) is 18.2 Å². The summed E-state index contributed by atoms with van der Waals surface area (Å²) >= 11 is 0. The Balaban J connectivity index is 2.46. The van der Waals surface area contributed by atoms with Gasteiger partial charge < -0.3 is 15.4 Å². The summed E-state index contributed by atoms with van der Waals surface area (Å²) in [5, 5.41) is 6.28. The van der Waals surface area contributed by atoms with E-state index in [4.69, 9.17) is 4.74 Å². The van der Waals surface area contributed by atoms with Gasteiger partial charge in [-0.15, -0.1) is 0 Å². The first-order valence-electron chi connectivity index (χ1n) is 7.30. The number of aryl methyl sites for hydroxylation is 1. The molecule has 0 saturated carbocycles. The highest BCUT2D eigenvalue weighted by Gasteiger charge is 2.06. The second-order valence-electron chi connectivity index (χ2n) is 4.91. The molecule has 0 heterocycles. The Morgan fingerprint density at radius 3 is 2.70 bits per heavy atom. The molecule has 112 valence electrons. The lowest BCUT2D eigenvalue weighted by Gasteiger charge is -2.10. The molecule has 0 bridgehead atoms. The molecule has 0 radical (unpaired) electrons. The van der Waals surface area contributed by atoms with Crippen LogP contribution in [0.4, 0.5) is 5.69 Å². The SMILES string of the molecule is CCCNc1ccc(C(=O)NCCCCOC)cc1C. The highest BCUT2D eigenvalue weighted by molar-refractivity contribution is 5.94. The van der Waals surface area contributed by atoms with Crippen molar-refractivity contribution in [1.82, 2.24) is 5.32 Å². The molecule has 0 aliphatic heterocycles. The molecular formula is C16H26N2O2. The Labute approximate surface area is 121 Å². The molecular weight excluding hydrogens is 252 g/mol. The summed E-state index contributed by atoms with van der Waals surface area (Å²) in [6, 6.07) is 5.78. The van der Waals surface area contributed by atoms with Gasteiger partial charge in [0.2, 0.25) is 0 Å². The summed E-state index contributed by atoms with van der Waals surface area (Å²) in [4.78, 5) is 12.0. The summed E-state index contributed by atoms with van der Waals surface area (Å²) in [5.74, 6) is -0.00689. The zero-order valence-electron chi connectivity index (χ0n) is 12.8. The number of carbonyl (C=O) groups is 1. The molecule has 0 aromatic heterocycles. The van der Waals surface area contributed by atoms with Gasteiger partial charge in [0.25, 0.3) is 5.91 Å². The third-order valence-electron chi connectivity index (χ3n) is 3.11. The normalized spacial score (nSPS) is 10.3. The molecule has 1 aromatic carbocycles. The van der Waals surface area contributed by atoms with Crippen LogP contribution in [0.1, 0.15) is 42.1 Å². The number of unbranched alkanes of at least 4 members (excludes halogenated alkanes) is 1. The molecule has 1 amide bonds. The Morgan fingerprint density at radius 1 is 1.25 bits per heavy atom. The van der Waals surface area contributed by atoms with Gasteiger partial charge in [-0.1, -0.05) is 6.92 Å². The summed E-state index contributed by atoms with van der Waals surface area (Å²) < 4.78 is 4.97. The monoisotopic (exact) mass is 278 g/mol. The summed E-state index contributed by atoms with van der Waals surface area (Å²) in [6.07, 6.45) is 2.99. The van der Waals surface area contributed by atoms with E-state index in [2.05, 4.69) is 17.6 Å². The minimum absolute atomic E-state index is 0.00689. The number of hydrogen-bond acceptors (Lipinski definition) is 3. The van der Waals surface area contributed by atoms with Crippen molar-refractivity contribution in [2.75, 3.05) is 32.1 Å². The predicted octanol–water partition coefficient (Wildman–Crippen LogP) is 2.97. The summed E-state index contributed by atoms with van der Waals surface area (Å²) in [7, 11) is 1.69. The van der Waals surface area contributed by atoms with Crippen molar-refractivity contribution in [3.05, 3.63) is 29.3 Å². The van der Waals surface area contributed by atoms with Gasteiger partial charge in [-0.2, -0.15) is 0 Å². The molecule has 20 heavy (non-hydrogen) atoms. The highest BCUT2D eigenvalue weighted by Crippen LogP contribution is 2.16. The van der Waals surface area contributed by atoms with Gasteiger partial charge in [-0.05, 0) is 49.9 Å². The van der Waals surface area contributed by atoms with E-state index < -0.39 is 0 Å². The van der Waals surface area contributed by atoms with E-state index in [1.807, 2.05) is 25.1 Å². The average molecular weight is 278 g/mol. The van der Waals surface area contributed by atoms with Gasteiger partial charge >= 0.3 is 0 Å². The molecule has 0 saturated heterocycles. The number of amides is 1. The van der Waals surface area contributed by atoms with Crippen molar-refractivity contribution < 1.29 is 9.53 Å². The molecule has 0 fully saturated rings. The van der Waals surface area contributed by atoms with Gasteiger partial charge in [-0.25, -0.2) is 0 Å². The lowest BCUT2D eigenvalue weighted by atomic mass is 10.1. The molecule has 2 N–H and O–H groups in total. The van der Waals surface area contributed by atoms with Gasteiger partial charge in [0.15, 0.2) is 0 Å². The minimum Gasteiger partial charge on any atom is -0.385 e. The van der Waals surface area contributed by atoms with E-state index in [-0.39, 0.29) is 5.91 Å². The van der Waals surface area contributed by atoms with Crippen molar-refractivity contribution in [2.24, 2.45) is 0 Å². The van der Waals surface area contributed by atoms with Crippen molar-refractivity contribution in [3.8, 4) is 0 Å². The maximum atomic E-state index is 12.0. The number of rotatable bonds is 9.